The van der Waals surface area contributed by atoms with Crippen LogP contribution in [0.4, 0.5) is 5.13 Å². The number of fused-ring (bicyclic) bond motifs is 2. The number of benzene rings is 2. The molecule has 2 atom stereocenters. The Morgan fingerprint density at radius 3 is 2.47 bits per heavy atom. The Hall–Kier alpha value is -3.32. The molecule has 30 heavy (non-hydrogen) atoms. The molecule has 6 nitrogen and oxygen atoms in total. The maximum absolute atomic E-state index is 12.5. The molecule has 1 N–H and O–H groups in total. The van der Waals surface area contributed by atoms with Gasteiger partial charge in [-0.1, -0.05) is 48.6 Å². The summed E-state index contributed by atoms with van der Waals surface area (Å²) >= 11 is 1.32. The van der Waals surface area contributed by atoms with Crippen molar-refractivity contribution in [1.82, 2.24) is 9.88 Å². The van der Waals surface area contributed by atoms with Crippen LogP contribution in [0.2, 0.25) is 0 Å². The summed E-state index contributed by atoms with van der Waals surface area (Å²) in [7, 11) is 0. The van der Waals surface area contributed by atoms with Gasteiger partial charge in [-0.05, 0) is 29.7 Å². The van der Waals surface area contributed by atoms with Crippen molar-refractivity contribution in [3.05, 3.63) is 60.0 Å². The number of anilines is 1. The summed E-state index contributed by atoms with van der Waals surface area (Å²) in [6.45, 7) is -0.268. The molecular weight excluding hydrogens is 398 g/mol. The SMILES string of the molecule is O=C(CN1C(=O)[C@H]2CC=CC[C@H]2C1=O)Nc1nc(-c2ccc3ccccc3c2)cs1. The van der Waals surface area contributed by atoms with Crippen LogP contribution >= 0.6 is 11.3 Å². The molecule has 0 spiro atoms. The lowest BCUT2D eigenvalue weighted by Crippen LogP contribution is -2.38. The number of likely N-dealkylation sites (tertiary alicyclic amines) is 1. The van der Waals surface area contributed by atoms with E-state index in [1.54, 1.807) is 0 Å². The molecule has 1 aliphatic carbocycles. The average Bonchev–Trinajstić information content (AvgIpc) is 3.32. The van der Waals surface area contributed by atoms with Crippen molar-refractivity contribution in [2.24, 2.45) is 11.8 Å². The first-order valence-electron chi connectivity index (χ1n) is 9.85. The van der Waals surface area contributed by atoms with Gasteiger partial charge in [-0.15, -0.1) is 11.3 Å². The minimum atomic E-state index is -0.414. The van der Waals surface area contributed by atoms with Crippen LogP contribution in [0.3, 0.4) is 0 Å². The summed E-state index contributed by atoms with van der Waals surface area (Å²) in [6.07, 6.45) is 4.99. The van der Waals surface area contributed by atoms with Crippen molar-refractivity contribution in [2.45, 2.75) is 12.8 Å². The van der Waals surface area contributed by atoms with Crippen LogP contribution in [-0.4, -0.2) is 34.2 Å². The van der Waals surface area contributed by atoms with Gasteiger partial charge in [0.1, 0.15) is 6.54 Å². The number of nitrogens with one attached hydrogen (secondary N) is 1. The zero-order chi connectivity index (χ0) is 20.7. The van der Waals surface area contributed by atoms with Crippen LogP contribution in [0.15, 0.2) is 60.0 Å². The number of carbonyl (C=O) groups excluding carboxylic acids is 3. The van der Waals surface area contributed by atoms with E-state index < -0.39 is 5.91 Å². The van der Waals surface area contributed by atoms with E-state index in [2.05, 4.69) is 22.4 Å². The fourth-order valence-electron chi connectivity index (χ4n) is 4.14. The summed E-state index contributed by atoms with van der Waals surface area (Å²) in [4.78, 5) is 43.1. The second kappa shape index (κ2) is 7.50. The second-order valence-corrected chi connectivity index (χ2v) is 8.42. The third-order valence-electron chi connectivity index (χ3n) is 5.70. The Bertz CT molecular complexity index is 1170. The molecule has 7 heteroatoms. The third kappa shape index (κ3) is 3.31. The molecule has 3 amide bonds. The number of hydrogen-bond donors (Lipinski definition) is 1. The van der Waals surface area contributed by atoms with Crippen molar-refractivity contribution in [3.8, 4) is 11.3 Å². The topological polar surface area (TPSA) is 79.4 Å². The zero-order valence-corrected chi connectivity index (χ0v) is 16.9. The summed E-state index contributed by atoms with van der Waals surface area (Å²) < 4.78 is 0. The smallest absolute Gasteiger partial charge is 0.246 e. The van der Waals surface area contributed by atoms with Gasteiger partial charge in [0, 0.05) is 10.9 Å². The number of nitrogens with zero attached hydrogens (tertiary/aromatic N) is 2. The number of aromatic nitrogens is 1. The van der Waals surface area contributed by atoms with Gasteiger partial charge in [-0.3, -0.25) is 19.3 Å². The first-order chi connectivity index (χ1) is 14.6. The van der Waals surface area contributed by atoms with E-state index in [1.807, 2.05) is 47.9 Å². The molecule has 1 aliphatic heterocycles. The van der Waals surface area contributed by atoms with E-state index in [9.17, 15) is 14.4 Å². The lowest BCUT2D eigenvalue weighted by Gasteiger charge is -2.14. The molecule has 0 bridgehead atoms. The Kier molecular flexibility index (Phi) is 4.67. The van der Waals surface area contributed by atoms with Gasteiger partial charge in [0.2, 0.25) is 17.7 Å². The van der Waals surface area contributed by atoms with Crippen molar-refractivity contribution in [3.63, 3.8) is 0 Å². The van der Waals surface area contributed by atoms with Gasteiger partial charge in [0.25, 0.3) is 0 Å². The number of rotatable bonds is 4. The highest BCUT2D eigenvalue weighted by molar-refractivity contribution is 7.14. The van der Waals surface area contributed by atoms with Crippen LogP contribution in [0, 0.1) is 11.8 Å². The molecule has 2 aromatic carbocycles. The average molecular weight is 417 g/mol. The summed E-state index contributed by atoms with van der Waals surface area (Å²) in [5.74, 6) is -1.56. The lowest BCUT2D eigenvalue weighted by atomic mass is 9.85. The molecule has 2 aliphatic rings. The van der Waals surface area contributed by atoms with E-state index in [0.717, 1.165) is 26.9 Å². The minimum Gasteiger partial charge on any atom is -0.300 e. The van der Waals surface area contributed by atoms with Gasteiger partial charge in [-0.2, -0.15) is 0 Å². The number of carbonyl (C=O) groups is 3. The van der Waals surface area contributed by atoms with Crippen LogP contribution < -0.4 is 5.32 Å². The molecule has 0 saturated carbocycles. The van der Waals surface area contributed by atoms with Crippen molar-refractivity contribution in [1.29, 1.82) is 0 Å². The van der Waals surface area contributed by atoms with E-state index in [4.69, 9.17) is 0 Å². The van der Waals surface area contributed by atoms with Gasteiger partial charge in [-0.25, -0.2) is 4.98 Å². The molecule has 0 radical (unpaired) electrons. The van der Waals surface area contributed by atoms with E-state index >= 15 is 0 Å². The maximum atomic E-state index is 12.5. The van der Waals surface area contributed by atoms with E-state index in [0.29, 0.717) is 18.0 Å². The molecule has 150 valence electrons. The second-order valence-electron chi connectivity index (χ2n) is 7.57. The predicted octanol–water partition coefficient (Wildman–Crippen LogP) is 3.85. The summed E-state index contributed by atoms with van der Waals surface area (Å²) in [6, 6.07) is 14.2. The fourth-order valence-corrected chi connectivity index (χ4v) is 4.88. The van der Waals surface area contributed by atoms with E-state index in [1.165, 1.54) is 11.3 Å². The Balaban J connectivity index is 1.27. The Morgan fingerprint density at radius 2 is 1.73 bits per heavy atom. The fraction of sp³-hybridized carbons (Fsp3) is 0.217. The largest absolute Gasteiger partial charge is 0.300 e. The van der Waals surface area contributed by atoms with Crippen molar-refractivity contribution < 1.29 is 14.4 Å². The molecule has 1 fully saturated rings. The predicted molar refractivity (Wildman–Crippen MR) is 116 cm³/mol. The normalized spacial score (nSPS) is 20.6. The number of thiazole rings is 1. The number of hydrogen-bond acceptors (Lipinski definition) is 5. The van der Waals surface area contributed by atoms with E-state index in [-0.39, 0.29) is 30.2 Å². The number of amides is 3. The first kappa shape index (κ1) is 18.7. The minimum absolute atomic E-state index is 0.250. The van der Waals surface area contributed by atoms with Crippen LogP contribution in [0.25, 0.3) is 22.0 Å². The Morgan fingerprint density at radius 1 is 1.03 bits per heavy atom. The Labute approximate surface area is 177 Å². The lowest BCUT2D eigenvalue weighted by molar-refractivity contribution is -0.142. The molecule has 0 unspecified atom stereocenters. The highest BCUT2D eigenvalue weighted by atomic mass is 32.1. The molecular formula is C23H19N3O3S. The number of imide groups is 1. The van der Waals surface area contributed by atoms with Gasteiger partial charge >= 0.3 is 0 Å². The van der Waals surface area contributed by atoms with Crippen LogP contribution in [-0.2, 0) is 14.4 Å². The van der Waals surface area contributed by atoms with Crippen LogP contribution in [0.5, 0.6) is 0 Å². The maximum Gasteiger partial charge on any atom is 0.246 e. The first-order valence-corrected chi connectivity index (χ1v) is 10.7. The summed E-state index contributed by atoms with van der Waals surface area (Å²) in [5.41, 5.74) is 1.73. The van der Waals surface area contributed by atoms with Crippen molar-refractivity contribution in [2.75, 3.05) is 11.9 Å². The number of allylic oxidation sites excluding steroid dienone is 2. The molecule has 2 heterocycles. The highest BCUT2D eigenvalue weighted by Crippen LogP contribution is 2.35. The molecule has 3 aromatic rings. The summed E-state index contributed by atoms with van der Waals surface area (Å²) in [5, 5.41) is 7.33. The molecule has 1 aromatic heterocycles. The van der Waals surface area contributed by atoms with Gasteiger partial charge in [0.15, 0.2) is 5.13 Å². The highest BCUT2D eigenvalue weighted by Gasteiger charge is 2.47. The molecule has 5 rings (SSSR count). The standard InChI is InChI=1S/C23H19N3O3S/c27-20(12-26-21(28)17-7-3-4-8-18(17)22(26)29)25-23-24-19(13-30-23)16-10-9-14-5-1-2-6-15(14)11-16/h1-6,9-11,13,17-18H,7-8,12H2,(H,24,25,27)/t17-,18+. The quantitative estimate of drug-likeness (QED) is 0.517. The monoisotopic (exact) mass is 417 g/mol. The van der Waals surface area contributed by atoms with Gasteiger partial charge < -0.3 is 5.32 Å². The van der Waals surface area contributed by atoms with Gasteiger partial charge in [0.05, 0.1) is 17.5 Å². The van der Waals surface area contributed by atoms with Crippen molar-refractivity contribution >= 4 is 45.0 Å². The zero-order valence-electron chi connectivity index (χ0n) is 16.1. The van der Waals surface area contributed by atoms with Crippen LogP contribution in [0.1, 0.15) is 12.8 Å². The molecule has 1 saturated heterocycles. The third-order valence-corrected chi connectivity index (χ3v) is 6.45.